The first-order valence-corrected chi connectivity index (χ1v) is 9.20. The molecule has 1 unspecified atom stereocenters. The third-order valence-electron chi connectivity index (χ3n) is 4.25. The zero-order chi connectivity index (χ0) is 17.2. The molecule has 0 saturated carbocycles. The van der Waals surface area contributed by atoms with Crippen LogP contribution in [0.2, 0.25) is 5.02 Å². The molecule has 0 spiro atoms. The van der Waals surface area contributed by atoms with Crippen LogP contribution in [-0.2, 0) is 27.3 Å². The van der Waals surface area contributed by atoms with Crippen LogP contribution in [0.1, 0.15) is 30.0 Å². The van der Waals surface area contributed by atoms with Crippen LogP contribution < -0.4 is 0 Å². The number of ether oxygens (including phenoxy) is 1. The van der Waals surface area contributed by atoms with Gasteiger partial charge in [0.1, 0.15) is 5.60 Å². The van der Waals surface area contributed by atoms with E-state index in [4.69, 9.17) is 16.3 Å². The second-order valence-corrected chi connectivity index (χ2v) is 7.50. The number of carboxylic acids is 1. The fraction of sp³-hybridized carbons (Fsp3) is 0.316. The number of halogens is 1. The molecule has 1 heterocycles. The second kappa shape index (κ2) is 7.18. The van der Waals surface area contributed by atoms with Crippen molar-refractivity contribution in [1.82, 2.24) is 0 Å². The van der Waals surface area contributed by atoms with Crippen LogP contribution in [0.4, 0.5) is 0 Å². The van der Waals surface area contributed by atoms with Crippen LogP contribution in [0.5, 0.6) is 0 Å². The van der Waals surface area contributed by atoms with Gasteiger partial charge >= 0.3 is 5.97 Å². The molecule has 24 heavy (non-hydrogen) atoms. The minimum atomic E-state index is -0.885. The highest BCUT2D eigenvalue weighted by Gasteiger charge is 2.38. The molecule has 2 aromatic carbocycles. The maximum atomic E-state index is 11.3. The van der Waals surface area contributed by atoms with Crippen molar-refractivity contribution in [3.8, 4) is 0 Å². The van der Waals surface area contributed by atoms with Gasteiger partial charge in [-0.25, -0.2) is 0 Å². The molecule has 0 saturated heterocycles. The lowest BCUT2D eigenvalue weighted by Gasteiger charge is -2.36. The van der Waals surface area contributed by atoms with E-state index in [1.165, 1.54) is 5.56 Å². The second-order valence-electron chi connectivity index (χ2n) is 6.07. The Bertz CT molecular complexity index is 748. The summed E-state index contributed by atoms with van der Waals surface area (Å²) in [6, 6.07) is 14.2. The van der Waals surface area contributed by atoms with Gasteiger partial charge in [0.05, 0.1) is 13.0 Å². The van der Waals surface area contributed by atoms with Gasteiger partial charge in [-0.1, -0.05) is 41.9 Å². The van der Waals surface area contributed by atoms with Gasteiger partial charge in [0.15, 0.2) is 0 Å². The molecule has 3 nitrogen and oxygen atoms in total. The molecule has 1 atom stereocenters. The molecule has 0 bridgehead atoms. The molecule has 1 aliphatic heterocycles. The van der Waals surface area contributed by atoms with Crippen molar-refractivity contribution in [3.05, 3.63) is 64.2 Å². The zero-order valence-electron chi connectivity index (χ0n) is 13.4. The Morgan fingerprint density at radius 1 is 1.29 bits per heavy atom. The van der Waals surface area contributed by atoms with E-state index >= 15 is 0 Å². The van der Waals surface area contributed by atoms with E-state index in [9.17, 15) is 9.90 Å². The lowest BCUT2D eigenvalue weighted by Crippen LogP contribution is -2.35. The van der Waals surface area contributed by atoms with Crippen molar-refractivity contribution in [2.24, 2.45) is 0 Å². The third-order valence-corrected chi connectivity index (χ3v) is 5.73. The predicted molar refractivity (Wildman–Crippen MR) is 96.7 cm³/mol. The molecule has 0 radical (unpaired) electrons. The quantitative estimate of drug-likeness (QED) is 0.769. The summed E-state index contributed by atoms with van der Waals surface area (Å²) in [6.45, 7) is 2.33. The van der Waals surface area contributed by atoms with Crippen LogP contribution >= 0.6 is 23.4 Å². The van der Waals surface area contributed by atoms with Crippen LogP contribution in [-0.4, -0.2) is 17.7 Å². The Labute approximate surface area is 151 Å². The van der Waals surface area contributed by atoms with Crippen LogP contribution in [0.25, 0.3) is 0 Å². The van der Waals surface area contributed by atoms with E-state index in [1.807, 2.05) is 37.3 Å². The minimum absolute atomic E-state index is 0.0907. The number of hydrogen-bond donors (Lipinski definition) is 1. The van der Waals surface area contributed by atoms with Crippen molar-refractivity contribution in [1.29, 1.82) is 0 Å². The molecule has 0 aromatic heterocycles. The molecule has 1 aliphatic rings. The Morgan fingerprint density at radius 2 is 2.04 bits per heavy atom. The minimum Gasteiger partial charge on any atom is -0.481 e. The van der Waals surface area contributed by atoms with Crippen LogP contribution in [0.15, 0.2) is 47.4 Å². The first-order valence-electron chi connectivity index (χ1n) is 7.84. The van der Waals surface area contributed by atoms with E-state index in [2.05, 4.69) is 12.1 Å². The molecular formula is C19H19ClO3S. The maximum Gasteiger partial charge on any atom is 0.306 e. The third kappa shape index (κ3) is 3.61. The predicted octanol–water partition coefficient (Wildman–Crippen LogP) is 4.89. The fourth-order valence-corrected chi connectivity index (χ4v) is 4.60. The van der Waals surface area contributed by atoms with E-state index < -0.39 is 11.6 Å². The van der Waals surface area contributed by atoms with Crippen LogP contribution in [0.3, 0.4) is 0 Å². The topological polar surface area (TPSA) is 46.5 Å². The smallest absolute Gasteiger partial charge is 0.306 e. The number of fused-ring (bicyclic) bond motifs is 1. The Kier molecular flexibility index (Phi) is 5.18. The van der Waals surface area contributed by atoms with Gasteiger partial charge in [0.2, 0.25) is 0 Å². The molecule has 5 heteroatoms. The number of rotatable bonds is 5. The van der Waals surface area contributed by atoms with Gasteiger partial charge < -0.3 is 9.84 Å². The monoisotopic (exact) mass is 362 g/mol. The first kappa shape index (κ1) is 17.3. The maximum absolute atomic E-state index is 11.3. The molecule has 2 aromatic rings. The normalized spacial score (nSPS) is 19.8. The SMILES string of the molecule is CC1(CC(=O)O)OCCc2c(SCc3ccccc3)ccc(Cl)c21. The summed E-state index contributed by atoms with van der Waals surface area (Å²) in [6.07, 6.45) is 0.661. The summed E-state index contributed by atoms with van der Waals surface area (Å²) in [7, 11) is 0. The van der Waals surface area contributed by atoms with Gasteiger partial charge in [-0.15, -0.1) is 11.8 Å². The molecule has 126 valence electrons. The lowest BCUT2D eigenvalue weighted by atomic mass is 9.85. The molecule has 3 rings (SSSR count). The molecule has 0 fully saturated rings. The fourth-order valence-electron chi connectivity index (χ4n) is 3.17. The largest absolute Gasteiger partial charge is 0.481 e. The van der Waals surface area contributed by atoms with Gasteiger partial charge in [0, 0.05) is 21.2 Å². The number of thioether (sulfide) groups is 1. The van der Waals surface area contributed by atoms with E-state index in [1.54, 1.807) is 11.8 Å². The number of hydrogen-bond acceptors (Lipinski definition) is 3. The summed E-state index contributed by atoms with van der Waals surface area (Å²) < 4.78 is 5.83. The summed E-state index contributed by atoms with van der Waals surface area (Å²) in [4.78, 5) is 12.4. The van der Waals surface area contributed by atoms with E-state index in [0.29, 0.717) is 11.6 Å². The average molecular weight is 363 g/mol. The van der Waals surface area contributed by atoms with Gasteiger partial charge in [-0.05, 0) is 36.6 Å². The lowest BCUT2D eigenvalue weighted by molar-refractivity contribution is -0.146. The highest BCUT2D eigenvalue weighted by molar-refractivity contribution is 7.98. The van der Waals surface area contributed by atoms with Crippen molar-refractivity contribution in [2.75, 3.05) is 6.61 Å². The summed E-state index contributed by atoms with van der Waals surface area (Å²) in [5.74, 6) is -0.0189. The zero-order valence-corrected chi connectivity index (χ0v) is 15.0. The number of carboxylic acid groups (broad SMARTS) is 1. The number of benzene rings is 2. The van der Waals surface area contributed by atoms with Crippen molar-refractivity contribution < 1.29 is 14.6 Å². The van der Waals surface area contributed by atoms with Crippen molar-refractivity contribution >= 4 is 29.3 Å². The summed E-state index contributed by atoms with van der Waals surface area (Å²) in [5.41, 5.74) is 2.33. The van der Waals surface area contributed by atoms with Crippen LogP contribution in [0, 0.1) is 0 Å². The van der Waals surface area contributed by atoms with Gasteiger partial charge in [0.25, 0.3) is 0 Å². The highest BCUT2D eigenvalue weighted by Crippen LogP contribution is 2.44. The average Bonchev–Trinajstić information content (AvgIpc) is 2.54. The molecular weight excluding hydrogens is 344 g/mol. The van der Waals surface area contributed by atoms with E-state index in [-0.39, 0.29) is 6.42 Å². The number of aliphatic carboxylic acids is 1. The molecule has 1 N–H and O–H groups in total. The van der Waals surface area contributed by atoms with Gasteiger partial charge in [-0.2, -0.15) is 0 Å². The summed E-state index contributed by atoms with van der Waals surface area (Å²) in [5, 5.41) is 9.82. The van der Waals surface area contributed by atoms with E-state index in [0.717, 1.165) is 28.2 Å². The first-order chi connectivity index (χ1) is 11.5. The van der Waals surface area contributed by atoms with Crippen molar-refractivity contribution in [2.45, 2.75) is 36.0 Å². The van der Waals surface area contributed by atoms with Gasteiger partial charge in [-0.3, -0.25) is 4.79 Å². The molecule has 0 aliphatic carbocycles. The highest BCUT2D eigenvalue weighted by atomic mass is 35.5. The standard InChI is InChI=1S/C19H19ClO3S/c1-19(11-17(21)22)18-14(9-10-23-19)16(8-7-15(18)20)24-12-13-5-3-2-4-6-13/h2-8H,9-12H2,1H3,(H,21,22). The molecule has 0 amide bonds. The summed E-state index contributed by atoms with van der Waals surface area (Å²) >= 11 is 8.17. The number of carbonyl (C=O) groups is 1. The van der Waals surface area contributed by atoms with Crippen molar-refractivity contribution in [3.63, 3.8) is 0 Å². The Balaban J connectivity index is 1.93. The Morgan fingerprint density at radius 3 is 2.75 bits per heavy atom. The Hall–Kier alpha value is -1.49.